The summed E-state index contributed by atoms with van der Waals surface area (Å²) in [5, 5.41) is 12.7. The van der Waals surface area contributed by atoms with E-state index < -0.39 is 0 Å². The molecule has 1 aromatic rings. The van der Waals surface area contributed by atoms with Gasteiger partial charge in [0, 0.05) is 19.0 Å². The molecule has 4 N–H and O–H groups in total. The summed E-state index contributed by atoms with van der Waals surface area (Å²) in [6.45, 7) is 2.50. The molecule has 0 heterocycles. The standard InChI is InChI=1S/C11H14Br2N2O2/c1-6(2-10(14)16)15-5-7-3-8(12)11(17)9(13)4-7/h3-4,6,15,17H,2,5H2,1H3,(H2,14,16). The van der Waals surface area contributed by atoms with Crippen molar-refractivity contribution in [1.29, 1.82) is 0 Å². The fourth-order valence-corrected chi connectivity index (χ4v) is 2.67. The highest BCUT2D eigenvalue weighted by molar-refractivity contribution is 9.11. The topological polar surface area (TPSA) is 75.4 Å². The Labute approximate surface area is 117 Å². The quantitative estimate of drug-likeness (QED) is 0.749. The Hall–Kier alpha value is -0.590. The molecule has 0 aliphatic carbocycles. The zero-order chi connectivity index (χ0) is 13.0. The van der Waals surface area contributed by atoms with Gasteiger partial charge >= 0.3 is 0 Å². The van der Waals surface area contributed by atoms with Gasteiger partial charge in [0.15, 0.2) is 0 Å². The first-order chi connectivity index (χ1) is 7.90. The lowest BCUT2D eigenvalue weighted by atomic mass is 10.2. The van der Waals surface area contributed by atoms with Crippen LogP contribution in [0.15, 0.2) is 21.1 Å². The van der Waals surface area contributed by atoms with Crippen LogP contribution in [-0.4, -0.2) is 17.1 Å². The second-order valence-electron chi connectivity index (χ2n) is 3.86. The molecule has 1 unspecified atom stereocenters. The third kappa shape index (κ3) is 4.65. The van der Waals surface area contributed by atoms with Crippen molar-refractivity contribution in [3.63, 3.8) is 0 Å². The SMILES string of the molecule is CC(CC(N)=O)NCc1cc(Br)c(O)c(Br)c1. The van der Waals surface area contributed by atoms with Gasteiger partial charge in [-0.25, -0.2) is 0 Å². The van der Waals surface area contributed by atoms with Gasteiger partial charge in [0.1, 0.15) is 5.75 Å². The molecule has 1 aromatic carbocycles. The minimum Gasteiger partial charge on any atom is -0.506 e. The van der Waals surface area contributed by atoms with Crippen molar-refractivity contribution in [2.75, 3.05) is 0 Å². The molecule has 0 fully saturated rings. The molecule has 1 rings (SSSR count). The number of carbonyl (C=O) groups excluding carboxylic acids is 1. The van der Waals surface area contributed by atoms with Gasteiger partial charge < -0.3 is 16.2 Å². The average Bonchev–Trinajstić information content (AvgIpc) is 2.22. The molecule has 0 bridgehead atoms. The van der Waals surface area contributed by atoms with Gasteiger partial charge in [-0.1, -0.05) is 0 Å². The lowest BCUT2D eigenvalue weighted by molar-refractivity contribution is -0.118. The van der Waals surface area contributed by atoms with Gasteiger partial charge in [-0.2, -0.15) is 0 Å². The molecule has 1 atom stereocenters. The van der Waals surface area contributed by atoms with Crippen molar-refractivity contribution in [3.8, 4) is 5.75 Å². The van der Waals surface area contributed by atoms with Gasteiger partial charge in [-0.05, 0) is 56.5 Å². The maximum atomic E-state index is 10.7. The maximum Gasteiger partial charge on any atom is 0.218 e. The number of benzene rings is 1. The molecule has 0 saturated heterocycles. The third-order valence-electron chi connectivity index (χ3n) is 2.24. The molecule has 0 aliphatic rings. The zero-order valence-corrected chi connectivity index (χ0v) is 12.5. The van der Waals surface area contributed by atoms with Crippen LogP contribution in [0, 0.1) is 0 Å². The third-order valence-corrected chi connectivity index (χ3v) is 3.45. The number of nitrogens with one attached hydrogen (secondary N) is 1. The molecule has 4 nitrogen and oxygen atoms in total. The Kier molecular flexibility index (Phi) is 5.42. The second kappa shape index (κ2) is 6.37. The lowest BCUT2D eigenvalue weighted by Gasteiger charge is -2.12. The summed E-state index contributed by atoms with van der Waals surface area (Å²) in [7, 11) is 0. The van der Waals surface area contributed by atoms with Gasteiger partial charge in [-0.15, -0.1) is 0 Å². The number of phenolic OH excluding ortho intramolecular Hbond substituents is 1. The smallest absolute Gasteiger partial charge is 0.218 e. The van der Waals surface area contributed by atoms with E-state index in [0.717, 1.165) is 5.56 Å². The number of phenols is 1. The van der Waals surface area contributed by atoms with E-state index in [4.69, 9.17) is 5.73 Å². The van der Waals surface area contributed by atoms with Crippen LogP contribution >= 0.6 is 31.9 Å². The number of halogens is 2. The number of primary amides is 1. The minimum atomic E-state index is -0.321. The van der Waals surface area contributed by atoms with E-state index in [2.05, 4.69) is 37.2 Å². The summed E-state index contributed by atoms with van der Waals surface area (Å²) in [5.74, 6) is -0.142. The molecule has 6 heteroatoms. The van der Waals surface area contributed by atoms with Gasteiger partial charge in [0.25, 0.3) is 0 Å². The fourth-order valence-electron chi connectivity index (χ4n) is 1.39. The molecule has 0 radical (unpaired) electrons. The van der Waals surface area contributed by atoms with Crippen LogP contribution < -0.4 is 11.1 Å². The van der Waals surface area contributed by atoms with E-state index in [1.54, 1.807) is 0 Å². The van der Waals surface area contributed by atoms with Crippen LogP contribution in [0.5, 0.6) is 5.75 Å². The fraction of sp³-hybridized carbons (Fsp3) is 0.364. The highest BCUT2D eigenvalue weighted by atomic mass is 79.9. The van der Waals surface area contributed by atoms with Crippen molar-refractivity contribution in [1.82, 2.24) is 5.32 Å². The number of nitrogens with two attached hydrogens (primary N) is 1. The Morgan fingerprint density at radius 2 is 2.00 bits per heavy atom. The highest BCUT2D eigenvalue weighted by Crippen LogP contribution is 2.33. The number of rotatable bonds is 5. The lowest BCUT2D eigenvalue weighted by Crippen LogP contribution is -2.30. The number of hydrogen-bond donors (Lipinski definition) is 3. The Morgan fingerprint density at radius 3 is 2.47 bits per heavy atom. The van der Waals surface area contributed by atoms with Crippen molar-refractivity contribution in [2.24, 2.45) is 5.73 Å². The molecule has 0 aliphatic heterocycles. The molecular weight excluding hydrogens is 352 g/mol. The molecule has 94 valence electrons. The Bertz CT molecular complexity index is 401. The van der Waals surface area contributed by atoms with E-state index in [1.165, 1.54) is 0 Å². The first-order valence-corrected chi connectivity index (χ1v) is 6.67. The van der Waals surface area contributed by atoms with E-state index >= 15 is 0 Å². The second-order valence-corrected chi connectivity index (χ2v) is 5.57. The largest absolute Gasteiger partial charge is 0.506 e. The van der Waals surface area contributed by atoms with Gasteiger partial charge in [0.2, 0.25) is 5.91 Å². The maximum absolute atomic E-state index is 10.7. The van der Waals surface area contributed by atoms with E-state index in [-0.39, 0.29) is 17.7 Å². The van der Waals surface area contributed by atoms with E-state index in [0.29, 0.717) is 21.9 Å². The van der Waals surface area contributed by atoms with Crippen LogP contribution in [-0.2, 0) is 11.3 Å². The normalized spacial score (nSPS) is 12.4. The van der Waals surface area contributed by atoms with Crippen molar-refractivity contribution >= 4 is 37.8 Å². The summed E-state index contributed by atoms with van der Waals surface area (Å²) in [4.78, 5) is 10.7. The van der Waals surface area contributed by atoms with Crippen LogP contribution in [0.4, 0.5) is 0 Å². The van der Waals surface area contributed by atoms with E-state index in [1.807, 2.05) is 19.1 Å². The highest BCUT2D eigenvalue weighted by Gasteiger charge is 2.08. The number of carbonyl (C=O) groups is 1. The summed E-state index contributed by atoms with van der Waals surface area (Å²) >= 11 is 6.52. The average molecular weight is 366 g/mol. The summed E-state index contributed by atoms with van der Waals surface area (Å²) < 4.78 is 1.26. The van der Waals surface area contributed by atoms with Crippen LogP contribution in [0.3, 0.4) is 0 Å². The van der Waals surface area contributed by atoms with Crippen molar-refractivity contribution < 1.29 is 9.90 Å². The number of aromatic hydroxyl groups is 1. The Balaban J connectivity index is 2.61. The summed E-state index contributed by atoms with van der Waals surface area (Å²) in [6, 6.07) is 3.67. The number of hydrogen-bond acceptors (Lipinski definition) is 3. The Morgan fingerprint density at radius 1 is 1.47 bits per heavy atom. The van der Waals surface area contributed by atoms with Crippen LogP contribution in [0.25, 0.3) is 0 Å². The van der Waals surface area contributed by atoms with Crippen LogP contribution in [0.1, 0.15) is 18.9 Å². The number of amides is 1. The van der Waals surface area contributed by atoms with Crippen molar-refractivity contribution in [2.45, 2.75) is 25.9 Å². The molecule has 17 heavy (non-hydrogen) atoms. The van der Waals surface area contributed by atoms with Crippen molar-refractivity contribution in [3.05, 3.63) is 26.6 Å². The molecule has 0 aromatic heterocycles. The summed E-state index contributed by atoms with van der Waals surface area (Å²) in [5.41, 5.74) is 6.10. The minimum absolute atomic E-state index is 0.0267. The van der Waals surface area contributed by atoms with Gasteiger partial charge in [0.05, 0.1) is 8.95 Å². The predicted molar refractivity (Wildman–Crippen MR) is 73.6 cm³/mol. The summed E-state index contributed by atoms with van der Waals surface area (Å²) in [6.07, 6.45) is 0.306. The predicted octanol–water partition coefficient (Wildman–Crippen LogP) is 2.27. The monoisotopic (exact) mass is 364 g/mol. The first-order valence-electron chi connectivity index (χ1n) is 5.08. The molecule has 1 amide bonds. The van der Waals surface area contributed by atoms with E-state index in [9.17, 15) is 9.90 Å². The van der Waals surface area contributed by atoms with Gasteiger partial charge in [-0.3, -0.25) is 4.79 Å². The molecular formula is C11H14Br2N2O2. The molecule has 0 spiro atoms. The first kappa shape index (κ1) is 14.5. The molecule has 0 saturated carbocycles. The zero-order valence-electron chi connectivity index (χ0n) is 9.34. The van der Waals surface area contributed by atoms with Crippen LogP contribution in [0.2, 0.25) is 0 Å².